The quantitative estimate of drug-likeness (QED) is 0.549. The minimum atomic E-state index is -0.203. The van der Waals surface area contributed by atoms with E-state index >= 15 is 0 Å². The molecular weight excluding hydrogens is 202 g/mol. The van der Waals surface area contributed by atoms with Gasteiger partial charge in [-0.15, -0.1) is 11.6 Å². The first-order chi connectivity index (χ1) is 6.13. The van der Waals surface area contributed by atoms with Crippen molar-refractivity contribution in [1.29, 1.82) is 0 Å². The Balaban J connectivity index is 2.80. The van der Waals surface area contributed by atoms with Gasteiger partial charge in [0.2, 0.25) is 0 Å². The zero-order valence-corrected chi connectivity index (χ0v) is 9.27. The summed E-state index contributed by atoms with van der Waals surface area (Å²) in [7, 11) is 3.81. The third-order valence-electron chi connectivity index (χ3n) is 1.75. The Hall–Kier alpha value is -0.600. The van der Waals surface area contributed by atoms with Gasteiger partial charge in [0.05, 0.1) is 0 Å². The maximum atomic E-state index is 6.17. The first kappa shape index (κ1) is 10.5. The van der Waals surface area contributed by atoms with E-state index in [9.17, 15) is 0 Å². The van der Waals surface area contributed by atoms with Gasteiger partial charge in [0.25, 0.3) is 0 Å². The molecule has 1 aromatic carbocycles. The predicted octanol–water partition coefficient (Wildman–Crippen LogP) is 2.86. The van der Waals surface area contributed by atoms with Gasteiger partial charge in [-0.2, -0.15) is 0 Å². The highest BCUT2D eigenvalue weighted by atomic mass is 35.5. The summed E-state index contributed by atoms with van der Waals surface area (Å²) in [5, 5.41) is -0.203. The number of halogens is 1. The van der Waals surface area contributed by atoms with Gasteiger partial charge in [0.1, 0.15) is 10.4 Å². The van der Waals surface area contributed by atoms with Crippen molar-refractivity contribution in [2.75, 3.05) is 14.1 Å². The van der Waals surface area contributed by atoms with E-state index in [1.807, 2.05) is 49.3 Å². The molecule has 0 aromatic heterocycles. The number of nitrogens with zero attached hydrogens (tertiary/aromatic N) is 1. The number of likely N-dealkylation sites (N-methyl/N-ethyl adjacent to an activating group) is 1. The van der Waals surface area contributed by atoms with Gasteiger partial charge in [0.15, 0.2) is 0 Å². The second kappa shape index (κ2) is 4.58. The van der Waals surface area contributed by atoms with E-state index in [2.05, 4.69) is 0 Å². The maximum absolute atomic E-state index is 6.17. The molecule has 0 heterocycles. The smallest absolute Gasteiger partial charge is 0.109 e. The topological polar surface area (TPSA) is 3.24 Å². The summed E-state index contributed by atoms with van der Waals surface area (Å²) >= 11 is 11.3. The maximum Gasteiger partial charge on any atom is 0.109 e. The lowest BCUT2D eigenvalue weighted by Gasteiger charge is -2.18. The third kappa shape index (κ3) is 2.68. The molecule has 1 atom stereocenters. The summed E-state index contributed by atoms with van der Waals surface area (Å²) in [6, 6.07) is 9.85. The molecule has 1 aromatic rings. The normalized spacial score (nSPS) is 12.2. The summed E-state index contributed by atoms with van der Waals surface area (Å²) in [6.45, 7) is 0. The third-order valence-corrected chi connectivity index (χ3v) is 2.94. The van der Waals surface area contributed by atoms with Crippen LogP contribution in [-0.2, 0) is 0 Å². The van der Waals surface area contributed by atoms with Crippen LogP contribution < -0.4 is 0 Å². The van der Waals surface area contributed by atoms with Gasteiger partial charge >= 0.3 is 0 Å². The number of rotatable bonds is 2. The van der Waals surface area contributed by atoms with Crippen molar-refractivity contribution in [2.24, 2.45) is 0 Å². The lowest BCUT2D eigenvalue weighted by atomic mass is 10.1. The van der Waals surface area contributed by atoms with Crippen molar-refractivity contribution >= 4 is 28.8 Å². The molecule has 0 aliphatic heterocycles. The van der Waals surface area contributed by atoms with Crippen LogP contribution in [0.2, 0.25) is 0 Å². The summed E-state index contributed by atoms with van der Waals surface area (Å²) < 4.78 is 0. The molecule has 0 fully saturated rings. The molecule has 0 amide bonds. The molecule has 0 radical (unpaired) electrons. The van der Waals surface area contributed by atoms with E-state index < -0.39 is 0 Å². The number of hydrogen-bond donors (Lipinski definition) is 0. The molecule has 70 valence electrons. The van der Waals surface area contributed by atoms with Crippen LogP contribution in [0, 0.1) is 0 Å². The van der Waals surface area contributed by atoms with Crippen molar-refractivity contribution in [3.8, 4) is 0 Å². The summed E-state index contributed by atoms with van der Waals surface area (Å²) in [4.78, 5) is 2.60. The second-order valence-electron chi connectivity index (χ2n) is 3.01. The molecule has 0 saturated carbocycles. The predicted molar refractivity (Wildman–Crippen MR) is 61.3 cm³/mol. The SMILES string of the molecule is CN(C)C(=S)C(Cl)c1ccccc1. The van der Waals surface area contributed by atoms with E-state index in [-0.39, 0.29) is 5.38 Å². The van der Waals surface area contributed by atoms with Crippen molar-refractivity contribution in [3.05, 3.63) is 35.9 Å². The van der Waals surface area contributed by atoms with E-state index in [0.717, 1.165) is 10.6 Å². The van der Waals surface area contributed by atoms with Crippen LogP contribution >= 0.6 is 23.8 Å². The van der Waals surface area contributed by atoms with Gasteiger partial charge in [-0.05, 0) is 5.56 Å². The molecule has 13 heavy (non-hydrogen) atoms. The molecule has 1 unspecified atom stereocenters. The molecule has 0 N–H and O–H groups in total. The molecule has 3 heteroatoms. The zero-order chi connectivity index (χ0) is 9.84. The lowest BCUT2D eigenvalue weighted by Crippen LogP contribution is -2.23. The van der Waals surface area contributed by atoms with Gasteiger partial charge in [-0.1, -0.05) is 42.5 Å². The highest BCUT2D eigenvalue weighted by Crippen LogP contribution is 2.22. The van der Waals surface area contributed by atoms with Crippen molar-refractivity contribution < 1.29 is 0 Å². The highest BCUT2D eigenvalue weighted by molar-refractivity contribution is 7.80. The average Bonchev–Trinajstić information content (AvgIpc) is 2.17. The van der Waals surface area contributed by atoms with Crippen molar-refractivity contribution in [3.63, 3.8) is 0 Å². The minimum absolute atomic E-state index is 0.203. The molecule has 0 spiro atoms. The van der Waals surface area contributed by atoms with E-state index in [4.69, 9.17) is 23.8 Å². The summed E-state index contributed by atoms with van der Waals surface area (Å²) in [6.07, 6.45) is 0. The Morgan fingerprint density at radius 2 is 1.85 bits per heavy atom. The Bertz CT molecular complexity index is 284. The monoisotopic (exact) mass is 213 g/mol. The van der Waals surface area contributed by atoms with Crippen molar-refractivity contribution in [2.45, 2.75) is 5.38 Å². The molecule has 1 nitrogen and oxygen atoms in total. The average molecular weight is 214 g/mol. The summed E-state index contributed by atoms with van der Waals surface area (Å²) in [5.74, 6) is 0. The highest BCUT2D eigenvalue weighted by Gasteiger charge is 2.14. The molecular formula is C10H12ClNS. The van der Waals surface area contributed by atoms with Gasteiger partial charge < -0.3 is 4.90 Å². The number of benzene rings is 1. The van der Waals surface area contributed by atoms with Crippen LogP contribution in [0.1, 0.15) is 10.9 Å². The Labute approximate surface area is 89.3 Å². The van der Waals surface area contributed by atoms with Gasteiger partial charge in [-0.3, -0.25) is 0 Å². The van der Waals surface area contributed by atoms with Crippen LogP contribution in [0.15, 0.2) is 30.3 Å². The molecule has 0 aliphatic carbocycles. The van der Waals surface area contributed by atoms with Crippen LogP contribution in [0.3, 0.4) is 0 Å². The fourth-order valence-electron chi connectivity index (χ4n) is 0.991. The summed E-state index contributed by atoms with van der Waals surface area (Å²) in [5.41, 5.74) is 1.04. The first-order valence-corrected chi connectivity index (χ1v) is 4.87. The fraction of sp³-hybridized carbons (Fsp3) is 0.300. The van der Waals surface area contributed by atoms with Gasteiger partial charge in [0, 0.05) is 14.1 Å². The Morgan fingerprint density at radius 1 is 1.31 bits per heavy atom. The van der Waals surface area contributed by atoms with Crippen LogP contribution in [0.25, 0.3) is 0 Å². The number of thiocarbonyl (C=S) groups is 1. The Kier molecular flexibility index (Phi) is 3.70. The fourth-order valence-corrected chi connectivity index (χ4v) is 1.47. The molecule has 0 bridgehead atoms. The van der Waals surface area contributed by atoms with E-state index in [0.29, 0.717) is 0 Å². The Morgan fingerprint density at radius 3 is 2.31 bits per heavy atom. The zero-order valence-electron chi connectivity index (χ0n) is 7.70. The first-order valence-electron chi connectivity index (χ1n) is 4.03. The molecule has 0 aliphatic rings. The van der Waals surface area contributed by atoms with Crippen LogP contribution in [-0.4, -0.2) is 24.0 Å². The standard InChI is InChI=1S/C10H12ClNS/c1-12(2)10(13)9(11)8-6-4-3-5-7-8/h3-7,9H,1-2H3. The molecule has 0 saturated heterocycles. The number of hydrogen-bond acceptors (Lipinski definition) is 1. The largest absolute Gasteiger partial charge is 0.371 e. The van der Waals surface area contributed by atoms with Crippen LogP contribution in [0.4, 0.5) is 0 Å². The van der Waals surface area contributed by atoms with E-state index in [1.165, 1.54) is 0 Å². The minimum Gasteiger partial charge on any atom is -0.371 e. The van der Waals surface area contributed by atoms with Crippen LogP contribution in [0.5, 0.6) is 0 Å². The number of alkyl halides is 1. The lowest BCUT2D eigenvalue weighted by molar-refractivity contribution is 0.622. The van der Waals surface area contributed by atoms with Gasteiger partial charge in [-0.25, -0.2) is 0 Å². The van der Waals surface area contributed by atoms with E-state index in [1.54, 1.807) is 0 Å². The van der Waals surface area contributed by atoms with Crippen molar-refractivity contribution in [1.82, 2.24) is 4.90 Å². The molecule has 1 rings (SSSR count). The second-order valence-corrected chi connectivity index (χ2v) is 3.86.